The van der Waals surface area contributed by atoms with Crippen LogP contribution in [0.25, 0.3) is 0 Å². The molecule has 2 fully saturated rings. The molecule has 2 aliphatic rings. The third kappa shape index (κ3) is 3.33. The Morgan fingerprint density at radius 1 is 1.28 bits per heavy atom. The van der Waals surface area contributed by atoms with E-state index in [4.69, 9.17) is 0 Å². The molecule has 0 amide bonds. The molecule has 3 heteroatoms. The zero-order chi connectivity index (χ0) is 13.0. The van der Waals surface area contributed by atoms with Gasteiger partial charge in [0.15, 0.2) is 0 Å². The Morgan fingerprint density at radius 2 is 1.94 bits per heavy atom. The van der Waals surface area contributed by atoms with Crippen molar-refractivity contribution >= 4 is 6.29 Å². The molecule has 1 N–H and O–H groups in total. The summed E-state index contributed by atoms with van der Waals surface area (Å²) in [5, 5.41) is 9.77. The van der Waals surface area contributed by atoms with Gasteiger partial charge in [0.25, 0.3) is 0 Å². The largest absolute Gasteiger partial charge is 0.393 e. The van der Waals surface area contributed by atoms with Crippen LogP contribution in [0.2, 0.25) is 0 Å². The third-order valence-corrected chi connectivity index (χ3v) is 4.83. The van der Waals surface area contributed by atoms with E-state index in [1.807, 2.05) is 0 Å². The number of piperidine rings is 1. The van der Waals surface area contributed by atoms with Crippen LogP contribution in [0.4, 0.5) is 0 Å². The lowest BCUT2D eigenvalue weighted by atomic mass is 9.80. The topological polar surface area (TPSA) is 40.5 Å². The molecule has 0 aromatic carbocycles. The predicted octanol–water partition coefficient (Wildman–Crippen LogP) is 2.23. The smallest absolute Gasteiger partial charge is 0.127 e. The van der Waals surface area contributed by atoms with Gasteiger partial charge in [0, 0.05) is 25.0 Å². The Morgan fingerprint density at radius 3 is 2.50 bits per heavy atom. The van der Waals surface area contributed by atoms with Crippen LogP contribution < -0.4 is 0 Å². The van der Waals surface area contributed by atoms with Crippen molar-refractivity contribution in [3.8, 4) is 0 Å². The number of aldehydes is 1. The van der Waals surface area contributed by atoms with Gasteiger partial charge < -0.3 is 14.8 Å². The predicted molar refractivity (Wildman–Crippen MR) is 72.4 cm³/mol. The quantitative estimate of drug-likeness (QED) is 0.619. The maximum atomic E-state index is 11.6. The highest BCUT2D eigenvalue weighted by molar-refractivity contribution is 5.59. The minimum absolute atomic E-state index is 0.0987. The van der Waals surface area contributed by atoms with Gasteiger partial charge in [0.05, 0.1) is 6.10 Å². The van der Waals surface area contributed by atoms with Crippen LogP contribution in [0.15, 0.2) is 0 Å². The Labute approximate surface area is 111 Å². The number of aliphatic hydroxyl groups is 1. The highest BCUT2D eigenvalue weighted by Gasteiger charge is 2.35. The SMILES string of the molecule is CC1CN(CC2(C=O)CCCCCC2)CCC1O. The van der Waals surface area contributed by atoms with Gasteiger partial charge in [-0.3, -0.25) is 0 Å². The van der Waals surface area contributed by atoms with Crippen molar-refractivity contribution < 1.29 is 9.90 Å². The molecule has 0 spiro atoms. The maximum absolute atomic E-state index is 11.6. The monoisotopic (exact) mass is 253 g/mol. The molecule has 1 saturated carbocycles. The minimum atomic E-state index is -0.150. The van der Waals surface area contributed by atoms with Crippen molar-refractivity contribution in [3.63, 3.8) is 0 Å². The molecule has 1 saturated heterocycles. The minimum Gasteiger partial charge on any atom is -0.393 e. The van der Waals surface area contributed by atoms with Crippen molar-refractivity contribution in [1.29, 1.82) is 0 Å². The number of nitrogens with zero attached hydrogens (tertiary/aromatic N) is 1. The van der Waals surface area contributed by atoms with Crippen molar-refractivity contribution in [2.75, 3.05) is 19.6 Å². The molecule has 0 aromatic heterocycles. The van der Waals surface area contributed by atoms with E-state index in [9.17, 15) is 9.90 Å². The highest BCUT2D eigenvalue weighted by Crippen LogP contribution is 2.35. The summed E-state index contributed by atoms with van der Waals surface area (Å²) in [6.07, 6.45) is 9.02. The molecular formula is C15H27NO2. The number of likely N-dealkylation sites (tertiary alicyclic amines) is 1. The number of rotatable bonds is 3. The van der Waals surface area contributed by atoms with Crippen molar-refractivity contribution in [1.82, 2.24) is 4.90 Å². The van der Waals surface area contributed by atoms with Crippen LogP contribution in [0.5, 0.6) is 0 Å². The fraction of sp³-hybridized carbons (Fsp3) is 0.933. The first kappa shape index (κ1) is 14.0. The molecule has 0 bridgehead atoms. The summed E-state index contributed by atoms with van der Waals surface area (Å²) in [6.45, 7) is 4.91. The first-order valence-corrected chi connectivity index (χ1v) is 7.52. The molecule has 2 atom stereocenters. The molecular weight excluding hydrogens is 226 g/mol. The number of hydrogen-bond acceptors (Lipinski definition) is 3. The molecule has 0 aromatic rings. The molecule has 2 rings (SSSR count). The van der Waals surface area contributed by atoms with Crippen molar-refractivity contribution in [3.05, 3.63) is 0 Å². The van der Waals surface area contributed by atoms with Crippen LogP contribution in [0.1, 0.15) is 51.9 Å². The zero-order valence-corrected chi connectivity index (χ0v) is 11.6. The summed E-state index contributed by atoms with van der Waals surface area (Å²) in [5.74, 6) is 0.341. The molecule has 0 radical (unpaired) electrons. The van der Waals surface area contributed by atoms with E-state index in [0.717, 1.165) is 38.9 Å². The first-order chi connectivity index (χ1) is 8.65. The first-order valence-electron chi connectivity index (χ1n) is 7.52. The van der Waals surface area contributed by atoms with Crippen molar-refractivity contribution in [2.24, 2.45) is 11.3 Å². The average molecular weight is 253 g/mol. The summed E-state index contributed by atoms with van der Waals surface area (Å²) in [4.78, 5) is 14.0. The Balaban J connectivity index is 1.95. The summed E-state index contributed by atoms with van der Waals surface area (Å²) in [6, 6.07) is 0. The molecule has 1 aliphatic heterocycles. The Kier molecular flexibility index (Phi) is 4.79. The lowest BCUT2D eigenvalue weighted by Gasteiger charge is -2.39. The molecule has 18 heavy (non-hydrogen) atoms. The zero-order valence-electron chi connectivity index (χ0n) is 11.6. The lowest BCUT2D eigenvalue weighted by Crippen LogP contribution is -2.47. The molecule has 2 unspecified atom stereocenters. The molecule has 104 valence electrons. The van der Waals surface area contributed by atoms with E-state index >= 15 is 0 Å². The molecule has 3 nitrogen and oxygen atoms in total. The van der Waals surface area contributed by atoms with E-state index in [2.05, 4.69) is 11.8 Å². The number of aliphatic hydroxyl groups excluding tert-OH is 1. The van der Waals surface area contributed by atoms with E-state index in [0.29, 0.717) is 5.92 Å². The summed E-state index contributed by atoms with van der Waals surface area (Å²) in [5.41, 5.74) is -0.0987. The fourth-order valence-electron chi connectivity index (χ4n) is 3.55. The van der Waals surface area contributed by atoms with Crippen LogP contribution in [0.3, 0.4) is 0 Å². The van der Waals surface area contributed by atoms with E-state index in [-0.39, 0.29) is 11.5 Å². The summed E-state index contributed by atoms with van der Waals surface area (Å²) >= 11 is 0. The van der Waals surface area contributed by atoms with Gasteiger partial charge in [0.2, 0.25) is 0 Å². The molecule has 1 aliphatic carbocycles. The highest BCUT2D eigenvalue weighted by atomic mass is 16.3. The van der Waals surface area contributed by atoms with E-state index in [1.54, 1.807) is 0 Å². The van der Waals surface area contributed by atoms with Crippen LogP contribution in [-0.4, -0.2) is 42.0 Å². The standard InChI is InChI=1S/C15H27NO2/c1-13-10-16(9-6-14(13)18)11-15(12-17)7-4-2-3-5-8-15/h12-14,18H,2-11H2,1H3. The normalized spacial score (nSPS) is 33.9. The van der Waals surface area contributed by atoms with Crippen molar-refractivity contribution in [2.45, 2.75) is 58.0 Å². The molecule has 1 heterocycles. The van der Waals surface area contributed by atoms with E-state index in [1.165, 1.54) is 32.0 Å². The Hall–Kier alpha value is -0.410. The second kappa shape index (κ2) is 6.16. The van der Waals surface area contributed by atoms with Crippen LogP contribution in [-0.2, 0) is 4.79 Å². The van der Waals surface area contributed by atoms with Gasteiger partial charge in [-0.2, -0.15) is 0 Å². The van der Waals surface area contributed by atoms with Gasteiger partial charge in [-0.15, -0.1) is 0 Å². The number of carbonyl (C=O) groups excluding carboxylic acids is 1. The number of carbonyl (C=O) groups is 1. The summed E-state index contributed by atoms with van der Waals surface area (Å²) < 4.78 is 0. The fourth-order valence-corrected chi connectivity index (χ4v) is 3.55. The van der Waals surface area contributed by atoms with Gasteiger partial charge in [-0.05, 0) is 25.2 Å². The Bertz CT molecular complexity index is 272. The van der Waals surface area contributed by atoms with Crippen LogP contribution >= 0.6 is 0 Å². The second-order valence-corrected chi connectivity index (χ2v) is 6.46. The van der Waals surface area contributed by atoms with Crippen LogP contribution in [0, 0.1) is 11.3 Å². The van der Waals surface area contributed by atoms with Gasteiger partial charge in [-0.25, -0.2) is 0 Å². The van der Waals surface area contributed by atoms with Gasteiger partial charge >= 0.3 is 0 Å². The number of hydrogen-bond donors (Lipinski definition) is 1. The third-order valence-electron chi connectivity index (χ3n) is 4.83. The second-order valence-electron chi connectivity index (χ2n) is 6.46. The van der Waals surface area contributed by atoms with Gasteiger partial charge in [-0.1, -0.05) is 32.6 Å². The lowest BCUT2D eigenvalue weighted by molar-refractivity contribution is -0.118. The maximum Gasteiger partial charge on any atom is 0.127 e. The summed E-state index contributed by atoms with van der Waals surface area (Å²) in [7, 11) is 0. The van der Waals surface area contributed by atoms with Gasteiger partial charge in [0.1, 0.15) is 6.29 Å². The average Bonchev–Trinajstić information content (AvgIpc) is 2.60. The van der Waals surface area contributed by atoms with E-state index < -0.39 is 0 Å².